The summed E-state index contributed by atoms with van der Waals surface area (Å²) in [6.45, 7) is 3.57. The lowest BCUT2D eigenvalue weighted by Crippen LogP contribution is -2.31. The van der Waals surface area contributed by atoms with Crippen molar-refractivity contribution >= 4 is 5.69 Å². The summed E-state index contributed by atoms with van der Waals surface area (Å²) in [7, 11) is 1.68. The molecule has 0 saturated carbocycles. The molecule has 0 aliphatic rings. The molecule has 0 spiro atoms. The van der Waals surface area contributed by atoms with Gasteiger partial charge in [0, 0.05) is 25.3 Å². The van der Waals surface area contributed by atoms with E-state index in [1.54, 1.807) is 19.2 Å². The minimum atomic E-state index is -0.386. The molecule has 1 aromatic rings. The highest BCUT2D eigenvalue weighted by atomic mass is 16.6. The maximum absolute atomic E-state index is 10.5. The summed E-state index contributed by atoms with van der Waals surface area (Å²) >= 11 is 0. The Morgan fingerprint density at radius 3 is 2.59 bits per heavy atom. The number of rotatable bonds is 7. The van der Waals surface area contributed by atoms with Gasteiger partial charge in [0.05, 0.1) is 11.5 Å². The maximum atomic E-state index is 10.5. The average molecular weight is 238 g/mol. The summed E-state index contributed by atoms with van der Waals surface area (Å²) in [5.41, 5.74) is 1.22. The van der Waals surface area contributed by atoms with Gasteiger partial charge in [0.1, 0.15) is 0 Å². The van der Waals surface area contributed by atoms with Crippen LogP contribution in [0.3, 0.4) is 0 Å². The first-order valence-electron chi connectivity index (χ1n) is 5.59. The van der Waals surface area contributed by atoms with E-state index in [2.05, 4.69) is 12.2 Å². The normalized spacial score (nSPS) is 12.4. The molecule has 0 amide bonds. The van der Waals surface area contributed by atoms with E-state index in [4.69, 9.17) is 4.74 Å². The molecule has 0 aliphatic heterocycles. The van der Waals surface area contributed by atoms with Gasteiger partial charge in [0.25, 0.3) is 5.69 Å². The minimum absolute atomic E-state index is 0.134. The van der Waals surface area contributed by atoms with E-state index in [1.807, 2.05) is 0 Å². The van der Waals surface area contributed by atoms with Crippen molar-refractivity contribution in [2.45, 2.75) is 19.4 Å². The average Bonchev–Trinajstić information content (AvgIpc) is 2.30. The Kier molecular flexibility index (Phi) is 5.59. The zero-order chi connectivity index (χ0) is 12.7. The molecule has 1 unspecified atom stereocenters. The Bertz CT molecular complexity index is 351. The molecule has 0 aromatic heterocycles. The predicted octanol–water partition coefficient (Wildman–Crippen LogP) is 1.76. The molecular formula is C12H18N2O3. The van der Waals surface area contributed by atoms with Crippen LogP contribution < -0.4 is 5.32 Å². The van der Waals surface area contributed by atoms with Gasteiger partial charge in [-0.2, -0.15) is 0 Å². The first-order valence-corrected chi connectivity index (χ1v) is 5.59. The summed E-state index contributed by atoms with van der Waals surface area (Å²) in [5, 5.41) is 13.8. The second-order valence-electron chi connectivity index (χ2n) is 3.98. The van der Waals surface area contributed by atoms with Crippen LogP contribution >= 0.6 is 0 Å². The summed E-state index contributed by atoms with van der Waals surface area (Å²) in [5.74, 6) is 0. The van der Waals surface area contributed by atoms with Gasteiger partial charge in [0.15, 0.2) is 0 Å². The van der Waals surface area contributed by atoms with Crippen LogP contribution in [0.15, 0.2) is 24.3 Å². The van der Waals surface area contributed by atoms with Crippen molar-refractivity contribution in [1.29, 1.82) is 0 Å². The Hall–Kier alpha value is -1.46. The van der Waals surface area contributed by atoms with E-state index < -0.39 is 0 Å². The van der Waals surface area contributed by atoms with Gasteiger partial charge < -0.3 is 10.1 Å². The Balaban J connectivity index is 2.34. The molecule has 17 heavy (non-hydrogen) atoms. The van der Waals surface area contributed by atoms with Gasteiger partial charge in [-0.05, 0) is 25.5 Å². The number of non-ortho nitro benzene ring substituents is 1. The van der Waals surface area contributed by atoms with Crippen molar-refractivity contribution in [3.63, 3.8) is 0 Å². The topological polar surface area (TPSA) is 64.4 Å². The zero-order valence-corrected chi connectivity index (χ0v) is 10.2. The van der Waals surface area contributed by atoms with Gasteiger partial charge >= 0.3 is 0 Å². The molecule has 5 nitrogen and oxygen atoms in total. The predicted molar refractivity (Wildman–Crippen MR) is 66.1 cm³/mol. The van der Waals surface area contributed by atoms with Crippen LogP contribution in [0, 0.1) is 10.1 Å². The number of ether oxygens (including phenoxy) is 1. The molecule has 0 saturated heterocycles. The van der Waals surface area contributed by atoms with E-state index in [0.29, 0.717) is 12.6 Å². The standard InChI is InChI=1S/C12H18N2O3/c1-10(9-17-2)13-8-7-11-3-5-12(6-4-11)14(15)16/h3-6,10,13H,7-9H2,1-2H3. The molecule has 0 heterocycles. The molecule has 0 bridgehead atoms. The van der Waals surface area contributed by atoms with Crippen LogP contribution in [-0.2, 0) is 11.2 Å². The third-order valence-electron chi connectivity index (χ3n) is 2.47. The molecular weight excluding hydrogens is 220 g/mol. The van der Waals surface area contributed by atoms with Crippen LogP contribution in [0.4, 0.5) is 5.69 Å². The second kappa shape index (κ2) is 6.98. The van der Waals surface area contributed by atoms with Crippen LogP contribution in [0.25, 0.3) is 0 Å². The van der Waals surface area contributed by atoms with Crippen LogP contribution in [0.2, 0.25) is 0 Å². The van der Waals surface area contributed by atoms with E-state index >= 15 is 0 Å². The molecule has 0 fully saturated rings. The largest absolute Gasteiger partial charge is 0.383 e. The molecule has 0 radical (unpaired) electrons. The van der Waals surface area contributed by atoms with Gasteiger partial charge in [-0.1, -0.05) is 12.1 Å². The smallest absolute Gasteiger partial charge is 0.269 e. The van der Waals surface area contributed by atoms with Crippen LogP contribution in [-0.4, -0.2) is 31.2 Å². The number of nitrogens with zero attached hydrogens (tertiary/aromatic N) is 1. The van der Waals surface area contributed by atoms with Crippen molar-refractivity contribution in [1.82, 2.24) is 5.32 Å². The van der Waals surface area contributed by atoms with Crippen molar-refractivity contribution in [3.8, 4) is 0 Å². The molecule has 1 N–H and O–H groups in total. The SMILES string of the molecule is COCC(C)NCCc1ccc([N+](=O)[O-])cc1. The van der Waals surface area contributed by atoms with Gasteiger partial charge in [-0.15, -0.1) is 0 Å². The van der Waals surface area contributed by atoms with E-state index in [0.717, 1.165) is 18.5 Å². The monoisotopic (exact) mass is 238 g/mol. The van der Waals surface area contributed by atoms with E-state index in [-0.39, 0.29) is 10.6 Å². The van der Waals surface area contributed by atoms with Crippen molar-refractivity contribution < 1.29 is 9.66 Å². The molecule has 1 aromatic carbocycles. The summed E-state index contributed by atoms with van der Waals surface area (Å²) < 4.78 is 5.01. The number of nitrogens with one attached hydrogen (secondary N) is 1. The number of hydrogen-bond donors (Lipinski definition) is 1. The fraction of sp³-hybridized carbons (Fsp3) is 0.500. The first kappa shape index (κ1) is 13.6. The van der Waals surface area contributed by atoms with E-state index in [9.17, 15) is 10.1 Å². The van der Waals surface area contributed by atoms with Gasteiger partial charge in [-0.3, -0.25) is 10.1 Å². The molecule has 94 valence electrons. The Morgan fingerprint density at radius 1 is 1.41 bits per heavy atom. The summed E-state index contributed by atoms with van der Waals surface area (Å²) in [6.07, 6.45) is 0.853. The Morgan fingerprint density at radius 2 is 2.06 bits per heavy atom. The number of hydrogen-bond acceptors (Lipinski definition) is 4. The Labute approximate surface area is 101 Å². The number of benzene rings is 1. The quantitative estimate of drug-likeness (QED) is 0.580. The highest BCUT2D eigenvalue weighted by Gasteiger charge is 2.04. The highest BCUT2D eigenvalue weighted by molar-refractivity contribution is 5.32. The first-order chi connectivity index (χ1) is 8.13. The number of methoxy groups -OCH3 is 1. The number of nitro benzene ring substituents is 1. The lowest BCUT2D eigenvalue weighted by Gasteiger charge is -2.12. The summed E-state index contributed by atoms with van der Waals surface area (Å²) in [6, 6.07) is 6.97. The third-order valence-corrected chi connectivity index (χ3v) is 2.47. The number of nitro groups is 1. The molecule has 0 aliphatic carbocycles. The molecule has 5 heteroatoms. The van der Waals surface area contributed by atoms with E-state index in [1.165, 1.54) is 12.1 Å². The third kappa shape index (κ3) is 4.93. The molecule has 1 rings (SSSR count). The lowest BCUT2D eigenvalue weighted by atomic mass is 10.1. The fourth-order valence-corrected chi connectivity index (χ4v) is 1.56. The lowest BCUT2D eigenvalue weighted by molar-refractivity contribution is -0.384. The van der Waals surface area contributed by atoms with Crippen molar-refractivity contribution in [2.24, 2.45) is 0 Å². The van der Waals surface area contributed by atoms with Gasteiger partial charge in [0.2, 0.25) is 0 Å². The van der Waals surface area contributed by atoms with Crippen molar-refractivity contribution in [3.05, 3.63) is 39.9 Å². The minimum Gasteiger partial charge on any atom is -0.383 e. The van der Waals surface area contributed by atoms with Crippen molar-refractivity contribution in [2.75, 3.05) is 20.3 Å². The highest BCUT2D eigenvalue weighted by Crippen LogP contribution is 2.11. The van der Waals surface area contributed by atoms with Crippen LogP contribution in [0.5, 0.6) is 0 Å². The maximum Gasteiger partial charge on any atom is 0.269 e. The zero-order valence-electron chi connectivity index (χ0n) is 10.2. The summed E-state index contributed by atoms with van der Waals surface area (Å²) in [4.78, 5) is 10.1. The van der Waals surface area contributed by atoms with Gasteiger partial charge in [-0.25, -0.2) is 0 Å². The molecule has 1 atom stereocenters. The second-order valence-corrected chi connectivity index (χ2v) is 3.98. The fourth-order valence-electron chi connectivity index (χ4n) is 1.56. The van der Waals surface area contributed by atoms with Crippen LogP contribution in [0.1, 0.15) is 12.5 Å².